The molecule has 0 spiro atoms. The van der Waals surface area contributed by atoms with E-state index in [1.165, 1.54) is 12.1 Å². The van der Waals surface area contributed by atoms with E-state index >= 15 is 0 Å². The van der Waals surface area contributed by atoms with Gasteiger partial charge in [-0.1, -0.05) is 12.1 Å². The van der Waals surface area contributed by atoms with Gasteiger partial charge in [0.2, 0.25) is 0 Å². The highest BCUT2D eigenvalue weighted by molar-refractivity contribution is 6.08. The zero-order valence-electron chi connectivity index (χ0n) is 11.0. The normalized spacial score (nSPS) is 10.2. The molecule has 0 saturated heterocycles. The first kappa shape index (κ1) is 14.6. The van der Waals surface area contributed by atoms with Crippen LogP contribution >= 0.6 is 0 Å². The summed E-state index contributed by atoms with van der Waals surface area (Å²) in [5.41, 5.74) is 0.298. The Bertz CT molecular complexity index is 709. The van der Waals surface area contributed by atoms with Gasteiger partial charge in [0, 0.05) is 11.6 Å². The van der Waals surface area contributed by atoms with E-state index in [0.29, 0.717) is 11.6 Å². The maximum absolute atomic E-state index is 13.1. The predicted octanol–water partition coefficient (Wildman–Crippen LogP) is 3.22. The second-order valence-corrected chi connectivity index (χ2v) is 4.41. The SMILES string of the molecule is Cc1cccc(C(=O)O)c1NC(=O)c1cc(F)cc(F)c1. The van der Waals surface area contributed by atoms with Crippen molar-refractivity contribution in [1.82, 2.24) is 0 Å². The molecular weight excluding hydrogens is 280 g/mol. The van der Waals surface area contributed by atoms with Gasteiger partial charge in [-0.25, -0.2) is 13.6 Å². The highest BCUT2D eigenvalue weighted by atomic mass is 19.1. The van der Waals surface area contributed by atoms with Gasteiger partial charge in [-0.3, -0.25) is 4.79 Å². The van der Waals surface area contributed by atoms with Crippen LogP contribution in [-0.4, -0.2) is 17.0 Å². The lowest BCUT2D eigenvalue weighted by Crippen LogP contribution is -2.16. The molecule has 0 radical (unpaired) electrons. The summed E-state index contributed by atoms with van der Waals surface area (Å²) in [6, 6.07) is 6.88. The minimum atomic E-state index is -1.21. The molecule has 108 valence electrons. The summed E-state index contributed by atoms with van der Waals surface area (Å²) in [5.74, 6) is -3.77. The van der Waals surface area contributed by atoms with Gasteiger partial charge < -0.3 is 10.4 Å². The molecular formula is C15H11F2NO3. The zero-order chi connectivity index (χ0) is 15.6. The summed E-state index contributed by atoms with van der Waals surface area (Å²) in [4.78, 5) is 23.1. The molecule has 0 unspecified atom stereocenters. The van der Waals surface area contributed by atoms with Crippen molar-refractivity contribution in [2.24, 2.45) is 0 Å². The Balaban J connectivity index is 2.38. The molecule has 2 aromatic rings. The van der Waals surface area contributed by atoms with Gasteiger partial charge in [0.05, 0.1) is 11.3 Å². The molecule has 2 N–H and O–H groups in total. The first-order valence-electron chi connectivity index (χ1n) is 5.99. The second kappa shape index (κ2) is 5.70. The first-order chi connectivity index (χ1) is 9.88. The third-order valence-corrected chi connectivity index (χ3v) is 2.87. The highest BCUT2D eigenvalue weighted by Crippen LogP contribution is 2.21. The van der Waals surface area contributed by atoms with Gasteiger partial charge >= 0.3 is 5.97 Å². The fourth-order valence-corrected chi connectivity index (χ4v) is 1.88. The number of benzene rings is 2. The number of carboxylic acid groups (broad SMARTS) is 1. The van der Waals surface area contributed by atoms with E-state index in [-0.39, 0.29) is 16.8 Å². The quantitative estimate of drug-likeness (QED) is 0.912. The maximum atomic E-state index is 13.1. The molecule has 4 nitrogen and oxygen atoms in total. The van der Waals surface area contributed by atoms with E-state index in [4.69, 9.17) is 5.11 Å². The average Bonchev–Trinajstić information content (AvgIpc) is 2.39. The summed E-state index contributed by atoms with van der Waals surface area (Å²) in [6.07, 6.45) is 0. The number of carbonyl (C=O) groups is 2. The molecule has 1 amide bonds. The lowest BCUT2D eigenvalue weighted by atomic mass is 10.1. The number of aryl methyl sites for hydroxylation is 1. The van der Waals surface area contributed by atoms with Crippen molar-refractivity contribution < 1.29 is 23.5 Å². The van der Waals surface area contributed by atoms with Crippen molar-refractivity contribution in [3.63, 3.8) is 0 Å². The van der Waals surface area contributed by atoms with E-state index < -0.39 is 23.5 Å². The minimum absolute atomic E-state index is 0.0969. The molecule has 0 bridgehead atoms. The summed E-state index contributed by atoms with van der Waals surface area (Å²) in [7, 11) is 0. The Kier molecular flexibility index (Phi) is 3.98. The number of halogens is 2. The third-order valence-electron chi connectivity index (χ3n) is 2.87. The lowest BCUT2D eigenvalue weighted by molar-refractivity contribution is 0.0698. The topological polar surface area (TPSA) is 66.4 Å². The Labute approximate surface area is 119 Å². The third kappa shape index (κ3) is 3.22. The van der Waals surface area contributed by atoms with Crippen LogP contribution in [0.25, 0.3) is 0 Å². The number of nitrogens with one attached hydrogen (secondary N) is 1. The Morgan fingerprint density at radius 2 is 1.71 bits per heavy atom. The van der Waals surface area contributed by atoms with Gasteiger partial charge in [-0.05, 0) is 30.7 Å². The molecule has 0 fully saturated rings. The van der Waals surface area contributed by atoms with Gasteiger partial charge in [0.25, 0.3) is 5.91 Å². The highest BCUT2D eigenvalue weighted by Gasteiger charge is 2.16. The number of rotatable bonds is 3. The van der Waals surface area contributed by atoms with Crippen LogP contribution in [0.4, 0.5) is 14.5 Å². The first-order valence-corrected chi connectivity index (χ1v) is 5.99. The fourth-order valence-electron chi connectivity index (χ4n) is 1.88. The molecule has 0 aliphatic carbocycles. The lowest BCUT2D eigenvalue weighted by Gasteiger charge is -2.11. The number of anilines is 1. The van der Waals surface area contributed by atoms with E-state index in [1.807, 2.05) is 0 Å². The molecule has 2 aromatic carbocycles. The van der Waals surface area contributed by atoms with Crippen molar-refractivity contribution >= 4 is 17.6 Å². The van der Waals surface area contributed by atoms with Gasteiger partial charge in [-0.2, -0.15) is 0 Å². The van der Waals surface area contributed by atoms with Crippen LogP contribution in [0.5, 0.6) is 0 Å². The number of hydrogen-bond donors (Lipinski definition) is 2. The minimum Gasteiger partial charge on any atom is -0.478 e. The molecule has 2 rings (SSSR count). The van der Waals surface area contributed by atoms with Crippen LogP contribution in [0, 0.1) is 18.6 Å². The number of carboxylic acids is 1. The zero-order valence-corrected chi connectivity index (χ0v) is 11.0. The van der Waals surface area contributed by atoms with Gasteiger partial charge in [0.15, 0.2) is 0 Å². The number of hydrogen-bond acceptors (Lipinski definition) is 2. The van der Waals surface area contributed by atoms with Crippen molar-refractivity contribution in [3.8, 4) is 0 Å². The van der Waals surface area contributed by atoms with Crippen molar-refractivity contribution in [2.45, 2.75) is 6.92 Å². The number of aromatic carboxylic acids is 1. The Morgan fingerprint density at radius 1 is 1.10 bits per heavy atom. The largest absolute Gasteiger partial charge is 0.478 e. The van der Waals surface area contributed by atoms with E-state index in [0.717, 1.165) is 12.1 Å². The molecule has 0 atom stereocenters. The van der Waals surface area contributed by atoms with Gasteiger partial charge in [-0.15, -0.1) is 0 Å². The summed E-state index contributed by atoms with van der Waals surface area (Å²) in [6.45, 7) is 1.62. The monoisotopic (exact) mass is 291 g/mol. The van der Waals surface area contributed by atoms with Crippen LogP contribution in [-0.2, 0) is 0 Å². The average molecular weight is 291 g/mol. The van der Waals surface area contributed by atoms with E-state index in [2.05, 4.69) is 5.32 Å². The molecule has 21 heavy (non-hydrogen) atoms. The van der Waals surface area contributed by atoms with Crippen LogP contribution in [0.1, 0.15) is 26.3 Å². The Morgan fingerprint density at radius 3 is 2.29 bits per heavy atom. The molecule has 0 heterocycles. The predicted molar refractivity (Wildman–Crippen MR) is 72.4 cm³/mol. The van der Waals surface area contributed by atoms with E-state index in [1.54, 1.807) is 13.0 Å². The summed E-state index contributed by atoms with van der Waals surface area (Å²) in [5, 5.41) is 11.5. The molecule has 6 heteroatoms. The number of carbonyl (C=O) groups excluding carboxylic acids is 1. The van der Waals surface area contributed by atoms with Crippen LogP contribution in [0.2, 0.25) is 0 Å². The number of amides is 1. The molecule has 0 aromatic heterocycles. The molecule has 0 aliphatic rings. The molecule has 0 aliphatic heterocycles. The van der Waals surface area contributed by atoms with Crippen LogP contribution in [0.3, 0.4) is 0 Å². The fraction of sp³-hybridized carbons (Fsp3) is 0.0667. The van der Waals surface area contributed by atoms with E-state index in [9.17, 15) is 18.4 Å². The van der Waals surface area contributed by atoms with Gasteiger partial charge in [0.1, 0.15) is 11.6 Å². The summed E-state index contributed by atoms with van der Waals surface area (Å²) >= 11 is 0. The standard InChI is InChI=1S/C15H11F2NO3/c1-8-3-2-4-12(15(20)21)13(8)18-14(19)9-5-10(16)7-11(17)6-9/h2-7H,1H3,(H,18,19)(H,20,21). The summed E-state index contributed by atoms with van der Waals surface area (Å²) < 4.78 is 26.2. The van der Waals surface area contributed by atoms with Crippen molar-refractivity contribution in [1.29, 1.82) is 0 Å². The number of para-hydroxylation sites is 1. The van der Waals surface area contributed by atoms with Crippen LogP contribution < -0.4 is 5.32 Å². The van der Waals surface area contributed by atoms with Crippen molar-refractivity contribution in [3.05, 3.63) is 64.7 Å². The second-order valence-electron chi connectivity index (χ2n) is 4.41. The smallest absolute Gasteiger partial charge is 0.337 e. The Hall–Kier alpha value is -2.76. The van der Waals surface area contributed by atoms with Crippen LogP contribution in [0.15, 0.2) is 36.4 Å². The molecule has 0 saturated carbocycles. The van der Waals surface area contributed by atoms with Crippen molar-refractivity contribution in [2.75, 3.05) is 5.32 Å². The maximum Gasteiger partial charge on any atom is 0.337 e.